The molecule has 0 bridgehead atoms. The highest BCUT2D eigenvalue weighted by molar-refractivity contribution is 9.09. The molecule has 4 rings (SSSR count). The smallest absolute Gasteiger partial charge is 0.149 e. The summed E-state index contributed by atoms with van der Waals surface area (Å²) in [6.45, 7) is 5.50. The van der Waals surface area contributed by atoms with Crippen molar-refractivity contribution >= 4 is 37.6 Å². The number of carbonyl (C=O) groups excluding carboxylic acids is 1. The predicted octanol–water partition coefficient (Wildman–Crippen LogP) is 6.54. The third kappa shape index (κ3) is 6.52. The van der Waals surface area contributed by atoms with Gasteiger partial charge in [-0.15, -0.1) is 0 Å². The number of ether oxygens (including phenoxy) is 2. The summed E-state index contributed by atoms with van der Waals surface area (Å²) < 4.78 is 14.6. The molecule has 0 saturated carbocycles. The number of hydrogen-bond donors (Lipinski definition) is 0. The summed E-state index contributed by atoms with van der Waals surface area (Å²) in [5.41, 5.74) is 6.37. The monoisotopic (exact) mass is 670 g/mol. The number of rotatable bonds is 14. The molecule has 2 aromatic heterocycles. The average molecular weight is 672 g/mol. The van der Waals surface area contributed by atoms with E-state index in [-0.39, 0.29) is 17.6 Å². The zero-order valence-electron chi connectivity index (χ0n) is 23.4. The normalized spacial score (nSPS) is 12.8. The van der Waals surface area contributed by atoms with Gasteiger partial charge in [-0.05, 0) is 48.2 Å². The lowest BCUT2D eigenvalue weighted by Crippen LogP contribution is -2.25. The lowest BCUT2D eigenvalue weighted by Gasteiger charge is -2.21. The minimum absolute atomic E-state index is 0.158. The highest BCUT2D eigenvalue weighted by Crippen LogP contribution is 2.33. The SMILES string of the molecule is CCc1c(C(CBr)C(=O)C(CBr)c2cnn(Cc3ccc(OC)cc3)c2CC)cnn1Cc1ccc(OC)cc1. The van der Waals surface area contributed by atoms with Crippen LogP contribution in [0.3, 0.4) is 0 Å². The summed E-state index contributed by atoms with van der Waals surface area (Å²) in [4.78, 5) is 14.2. The lowest BCUT2D eigenvalue weighted by atomic mass is 9.85. The van der Waals surface area contributed by atoms with Crippen LogP contribution in [0, 0.1) is 0 Å². The zero-order chi connectivity index (χ0) is 28.6. The molecule has 4 aromatic rings. The summed E-state index contributed by atoms with van der Waals surface area (Å²) in [6, 6.07) is 16.0. The van der Waals surface area contributed by atoms with Gasteiger partial charge in [-0.3, -0.25) is 14.2 Å². The minimum atomic E-state index is -0.322. The number of halogens is 2. The number of hydrogen-bond acceptors (Lipinski definition) is 5. The molecule has 0 N–H and O–H groups in total. The molecule has 2 aromatic carbocycles. The van der Waals surface area contributed by atoms with E-state index in [0.717, 1.165) is 58.0 Å². The molecule has 0 aliphatic carbocycles. The van der Waals surface area contributed by atoms with E-state index in [1.165, 1.54) is 0 Å². The van der Waals surface area contributed by atoms with E-state index < -0.39 is 0 Å². The second kappa shape index (κ2) is 14.1. The Bertz CT molecular complexity index is 1290. The third-order valence-corrected chi connectivity index (χ3v) is 8.66. The van der Waals surface area contributed by atoms with Gasteiger partial charge in [-0.1, -0.05) is 70.0 Å². The molecule has 0 saturated heterocycles. The van der Waals surface area contributed by atoms with Crippen LogP contribution in [0.15, 0.2) is 60.9 Å². The summed E-state index contributed by atoms with van der Waals surface area (Å²) >= 11 is 7.31. The van der Waals surface area contributed by atoms with Gasteiger partial charge in [-0.25, -0.2) is 0 Å². The molecular formula is C31H36Br2N4O3. The maximum atomic E-state index is 14.2. The Morgan fingerprint density at radius 3 is 1.40 bits per heavy atom. The van der Waals surface area contributed by atoms with Crippen molar-refractivity contribution in [1.29, 1.82) is 0 Å². The molecule has 0 fully saturated rings. The van der Waals surface area contributed by atoms with E-state index in [9.17, 15) is 4.79 Å². The Kier molecular flexibility index (Phi) is 10.6. The quantitative estimate of drug-likeness (QED) is 0.142. The molecule has 0 aliphatic rings. The van der Waals surface area contributed by atoms with E-state index in [1.807, 2.05) is 70.3 Å². The van der Waals surface area contributed by atoms with Crippen molar-refractivity contribution in [2.24, 2.45) is 0 Å². The Hall–Kier alpha value is -2.91. The number of benzene rings is 2. The number of alkyl halides is 2. The van der Waals surface area contributed by atoms with E-state index >= 15 is 0 Å². The van der Waals surface area contributed by atoms with Gasteiger partial charge in [0.25, 0.3) is 0 Å². The van der Waals surface area contributed by atoms with E-state index in [1.54, 1.807) is 14.2 Å². The molecule has 0 amide bonds. The van der Waals surface area contributed by atoms with Crippen LogP contribution < -0.4 is 9.47 Å². The molecule has 0 spiro atoms. The number of Topliss-reactive ketones (excluding diaryl/α,β-unsaturated/α-hetero) is 1. The number of ketones is 1. The summed E-state index contributed by atoms with van der Waals surface area (Å²) in [7, 11) is 3.33. The predicted molar refractivity (Wildman–Crippen MR) is 165 cm³/mol. The molecule has 212 valence electrons. The highest BCUT2D eigenvalue weighted by Gasteiger charge is 2.33. The average Bonchev–Trinajstić information content (AvgIpc) is 3.58. The fourth-order valence-corrected chi connectivity index (χ4v) is 6.49. The molecule has 7 nitrogen and oxygen atoms in total. The van der Waals surface area contributed by atoms with Crippen LogP contribution >= 0.6 is 31.9 Å². The maximum absolute atomic E-state index is 14.2. The van der Waals surface area contributed by atoms with Gasteiger partial charge in [0, 0.05) is 33.2 Å². The van der Waals surface area contributed by atoms with Crippen LogP contribution in [-0.2, 0) is 30.7 Å². The van der Waals surface area contributed by atoms with Crippen LogP contribution in [-0.4, -0.2) is 50.2 Å². The van der Waals surface area contributed by atoms with Gasteiger partial charge in [0.15, 0.2) is 0 Å². The van der Waals surface area contributed by atoms with Crippen LogP contribution in [0.4, 0.5) is 0 Å². The van der Waals surface area contributed by atoms with Gasteiger partial charge in [0.1, 0.15) is 17.3 Å². The van der Waals surface area contributed by atoms with Gasteiger partial charge in [0.05, 0.1) is 51.5 Å². The van der Waals surface area contributed by atoms with Crippen LogP contribution in [0.25, 0.3) is 0 Å². The number of carbonyl (C=O) groups is 1. The number of methoxy groups -OCH3 is 2. The molecular weight excluding hydrogens is 636 g/mol. The summed E-state index contributed by atoms with van der Waals surface area (Å²) in [5, 5.41) is 10.5. The topological polar surface area (TPSA) is 71.2 Å². The third-order valence-electron chi connectivity index (χ3n) is 7.36. The molecule has 0 radical (unpaired) electrons. The van der Waals surface area contributed by atoms with E-state index in [0.29, 0.717) is 23.7 Å². The van der Waals surface area contributed by atoms with E-state index in [2.05, 4.69) is 45.7 Å². The summed E-state index contributed by atoms with van der Waals surface area (Å²) in [5.74, 6) is 1.16. The molecule has 2 heterocycles. The highest BCUT2D eigenvalue weighted by atomic mass is 79.9. The van der Waals surface area contributed by atoms with Crippen molar-refractivity contribution in [1.82, 2.24) is 19.6 Å². The van der Waals surface area contributed by atoms with Crippen LogP contribution in [0.5, 0.6) is 11.5 Å². The Balaban J connectivity index is 1.59. The lowest BCUT2D eigenvalue weighted by molar-refractivity contribution is -0.121. The first-order valence-electron chi connectivity index (χ1n) is 13.5. The van der Waals surface area contributed by atoms with Crippen molar-refractivity contribution in [2.75, 3.05) is 24.9 Å². The first-order valence-corrected chi connectivity index (χ1v) is 15.7. The molecule has 2 atom stereocenters. The van der Waals surface area contributed by atoms with Gasteiger partial charge < -0.3 is 9.47 Å². The van der Waals surface area contributed by atoms with Crippen LogP contribution in [0.1, 0.15) is 59.3 Å². The maximum Gasteiger partial charge on any atom is 0.149 e. The second-order valence-electron chi connectivity index (χ2n) is 9.63. The van der Waals surface area contributed by atoms with Gasteiger partial charge in [0.2, 0.25) is 0 Å². The van der Waals surface area contributed by atoms with Crippen molar-refractivity contribution in [2.45, 2.75) is 51.6 Å². The molecule has 9 heteroatoms. The number of nitrogens with zero attached hydrogens (tertiary/aromatic N) is 4. The van der Waals surface area contributed by atoms with Crippen LogP contribution in [0.2, 0.25) is 0 Å². The van der Waals surface area contributed by atoms with Crippen molar-refractivity contribution in [3.05, 3.63) is 94.6 Å². The Morgan fingerprint density at radius 1 is 0.725 bits per heavy atom. The Labute approximate surface area is 253 Å². The van der Waals surface area contributed by atoms with Crippen molar-refractivity contribution in [3.8, 4) is 11.5 Å². The second-order valence-corrected chi connectivity index (χ2v) is 10.9. The first-order chi connectivity index (χ1) is 19.5. The van der Waals surface area contributed by atoms with Gasteiger partial charge >= 0.3 is 0 Å². The Morgan fingerprint density at radius 2 is 1.10 bits per heavy atom. The largest absolute Gasteiger partial charge is 0.497 e. The van der Waals surface area contributed by atoms with Crippen molar-refractivity contribution in [3.63, 3.8) is 0 Å². The van der Waals surface area contributed by atoms with E-state index in [4.69, 9.17) is 19.7 Å². The molecule has 40 heavy (non-hydrogen) atoms. The molecule has 0 aliphatic heterocycles. The van der Waals surface area contributed by atoms with Gasteiger partial charge in [-0.2, -0.15) is 10.2 Å². The minimum Gasteiger partial charge on any atom is -0.497 e. The summed E-state index contributed by atoms with van der Waals surface area (Å²) in [6.07, 6.45) is 5.29. The standard InChI is InChI=1S/C31H36Br2N4O3/c1-5-29-27(17-34-36(29)19-21-7-11-23(39-3)12-8-21)25(15-32)31(38)26(16-33)28-18-35-37(30(28)6-2)20-22-9-13-24(40-4)14-10-22/h7-14,17-18,25-26H,5-6,15-16,19-20H2,1-4H3. The zero-order valence-corrected chi connectivity index (χ0v) is 26.6. The molecule has 2 unspecified atom stereocenters. The fraction of sp³-hybridized carbons (Fsp3) is 0.387. The first kappa shape index (κ1) is 30.1. The van der Waals surface area contributed by atoms with Crippen molar-refractivity contribution < 1.29 is 14.3 Å². The fourth-order valence-electron chi connectivity index (χ4n) is 5.15. The number of aromatic nitrogens is 4.